The van der Waals surface area contributed by atoms with Gasteiger partial charge >= 0.3 is 0 Å². The highest BCUT2D eigenvalue weighted by Crippen LogP contribution is 2.27. The molecule has 1 aliphatic heterocycles. The quantitative estimate of drug-likeness (QED) is 0.102. The summed E-state index contributed by atoms with van der Waals surface area (Å²) in [7, 11) is 0. The molecule has 0 unspecified atom stereocenters. The molecule has 1 aliphatic rings. The highest BCUT2D eigenvalue weighted by Gasteiger charge is 2.36. The Bertz CT molecular complexity index is 918. The van der Waals surface area contributed by atoms with Crippen molar-refractivity contribution >= 4 is 24.1 Å². The number of aryl methyl sites for hydroxylation is 1. The summed E-state index contributed by atoms with van der Waals surface area (Å²) in [5.41, 5.74) is 0.754. The molecule has 2 rings (SSSR count). The number of hydrogen-bond donors (Lipinski definition) is 0. The normalized spacial score (nSPS) is 12.3. The third-order valence-corrected chi connectivity index (χ3v) is 4.84. The van der Waals surface area contributed by atoms with E-state index in [1.807, 2.05) is 0 Å². The molecular formula is C19H22N4O9. The van der Waals surface area contributed by atoms with Gasteiger partial charge in [-0.05, 0) is 50.3 Å². The average molecular weight is 450 g/mol. The summed E-state index contributed by atoms with van der Waals surface area (Å²) in [4.78, 5) is 80.0. The van der Waals surface area contributed by atoms with Gasteiger partial charge in [0.25, 0.3) is 22.8 Å². The van der Waals surface area contributed by atoms with Crippen molar-refractivity contribution in [2.75, 3.05) is 26.3 Å². The van der Waals surface area contributed by atoms with Gasteiger partial charge in [0.05, 0.1) is 17.7 Å². The Labute approximate surface area is 182 Å². The lowest BCUT2D eigenvalue weighted by molar-refractivity contribution is -0.757. The monoisotopic (exact) mass is 450 g/mol. The van der Waals surface area contributed by atoms with E-state index in [-0.39, 0.29) is 49.4 Å². The van der Waals surface area contributed by atoms with E-state index >= 15 is 0 Å². The van der Waals surface area contributed by atoms with E-state index in [1.54, 1.807) is 6.92 Å². The average Bonchev–Trinajstić information content (AvgIpc) is 2.98. The van der Waals surface area contributed by atoms with E-state index in [0.717, 1.165) is 9.80 Å². The fourth-order valence-electron chi connectivity index (χ4n) is 3.23. The number of carbonyl (C=O) groups excluding carboxylic acids is 4. The zero-order chi connectivity index (χ0) is 23.7. The fourth-order valence-corrected chi connectivity index (χ4v) is 3.23. The van der Waals surface area contributed by atoms with Crippen LogP contribution >= 0.6 is 0 Å². The first-order valence-electron chi connectivity index (χ1n) is 9.80. The molecule has 1 aromatic rings. The Morgan fingerprint density at radius 1 is 1.16 bits per heavy atom. The molecule has 0 bridgehead atoms. The molecule has 0 saturated heterocycles. The summed E-state index contributed by atoms with van der Waals surface area (Å²) in [5.74, 6) is -1.71. The zero-order valence-corrected chi connectivity index (χ0v) is 17.4. The molecule has 0 aromatic heterocycles. The second-order valence-corrected chi connectivity index (χ2v) is 6.96. The van der Waals surface area contributed by atoms with E-state index in [1.165, 1.54) is 12.1 Å². The standard InChI is InChI=1S/C19H22N4O9/c1-13-10-15-16(19(27)22(18(15)26)7-3-5-9-32-23(29)30)11-14(13)17(25)21(12-24)6-2-4-8-31-20-28/h10-12H,2-9H2,1H3. The Morgan fingerprint density at radius 3 is 2.44 bits per heavy atom. The van der Waals surface area contributed by atoms with Gasteiger partial charge in [0, 0.05) is 18.7 Å². The largest absolute Gasteiger partial charge is 0.364 e. The van der Waals surface area contributed by atoms with E-state index in [9.17, 15) is 34.2 Å². The van der Waals surface area contributed by atoms with Crippen LogP contribution in [-0.2, 0) is 14.5 Å². The second-order valence-electron chi connectivity index (χ2n) is 6.96. The van der Waals surface area contributed by atoms with Crippen LogP contribution in [0.1, 0.15) is 62.3 Å². The molecule has 0 N–H and O–H groups in total. The number of amides is 4. The first-order chi connectivity index (χ1) is 15.3. The van der Waals surface area contributed by atoms with Gasteiger partial charge in [-0.25, -0.2) is 0 Å². The highest BCUT2D eigenvalue weighted by atomic mass is 16.9. The number of nitrogens with zero attached hydrogens (tertiary/aromatic N) is 4. The topological polar surface area (TPSA) is 166 Å². The number of rotatable bonds is 14. The second kappa shape index (κ2) is 11.5. The Kier molecular flexibility index (Phi) is 8.74. The smallest absolute Gasteiger partial charge is 0.294 e. The molecule has 32 heavy (non-hydrogen) atoms. The molecule has 4 amide bonds. The van der Waals surface area contributed by atoms with Gasteiger partial charge in [0.15, 0.2) is 5.34 Å². The van der Waals surface area contributed by atoms with Crippen LogP contribution in [0.25, 0.3) is 0 Å². The molecule has 172 valence electrons. The van der Waals surface area contributed by atoms with Crippen molar-refractivity contribution in [1.29, 1.82) is 0 Å². The van der Waals surface area contributed by atoms with Gasteiger partial charge in [-0.15, -0.1) is 15.0 Å². The third kappa shape index (κ3) is 5.83. The van der Waals surface area contributed by atoms with Gasteiger partial charge in [-0.2, -0.15) is 0 Å². The van der Waals surface area contributed by atoms with E-state index < -0.39 is 22.8 Å². The number of imide groups is 2. The maximum atomic E-state index is 12.8. The third-order valence-electron chi connectivity index (χ3n) is 4.84. The number of fused-ring (bicyclic) bond motifs is 1. The molecule has 0 spiro atoms. The van der Waals surface area contributed by atoms with Crippen molar-refractivity contribution < 1.29 is 33.9 Å². The molecule has 0 saturated carbocycles. The molecule has 13 heteroatoms. The van der Waals surface area contributed by atoms with E-state index in [4.69, 9.17) is 0 Å². The maximum Gasteiger partial charge on any atom is 0.294 e. The van der Waals surface area contributed by atoms with Gasteiger partial charge in [0.2, 0.25) is 6.41 Å². The van der Waals surface area contributed by atoms with Crippen molar-refractivity contribution in [1.82, 2.24) is 9.80 Å². The number of unbranched alkanes of at least 4 members (excludes halogenated alkanes) is 2. The lowest BCUT2D eigenvalue weighted by atomic mass is 9.99. The van der Waals surface area contributed by atoms with Gasteiger partial charge < -0.3 is 9.68 Å². The minimum Gasteiger partial charge on any atom is -0.364 e. The molecule has 1 aromatic carbocycles. The van der Waals surface area contributed by atoms with Crippen LogP contribution in [0.5, 0.6) is 0 Å². The van der Waals surface area contributed by atoms with Crippen LogP contribution in [0.2, 0.25) is 0 Å². The SMILES string of the molecule is Cc1cc2c(cc1C(=O)N(C=O)CCCCON=O)C(=O)N(CCCCO[N+](=O)[O-])C2=O. The Hall–Kier alpha value is -3.90. The Balaban J connectivity index is 2.08. The van der Waals surface area contributed by atoms with Crippen molar-refractivity contribution in [3.05, 3.63) is 49.4 Å². The van der Waals surface area contributed by atoms with Gasteiger partial charge in [-0.1, -0.05) is 0 Å². The summed E-state index contributed by atoms with van der Waals surface area (Å²) in [6.45, 7) is 1.63. The predicted octanol–water partition coefficient (Wildman–Crippen LogP) is 1.66. The van der Waals surface area contributed by atoms with Crippen molar-refractivity contribution in [2.24, 2.45) is 5.34 Å². The zero-order valence-electron chi connectivity index (χ0n) is 17.4. The lowest BCUT2D eigenvalue weighted by Crippen LogP contribution is -2.31. The Morgan fingerprint density at radius 2 is 1.81 bits per heavy atom. The number of hydrogen-bond acceptors (Lipinski definition) is 10. The minimum atomic E-state index is -0.915. The first kappa shape index (κ1) is 24.4. The van der Waals surface area contributed by atoms with Crippen molar-refractivity contribution in [2.45, 2.75) is 32.6 Å². The summed E-state index contributed by atoms with van der Waals surface area (Å²) in [6, 6.07) is 2.74. The first-order valence-corrected chi connectivity index (χ1v) is 9.80. The minimum absolute atomic E-state index is 0.0495. The molecular weight excluding hydrogens is 428 g/mol. The van der Waals surface area contributed by atoms with Crippen LogP contribution in [0.3, 0.4) is 0 Å². The van der Waals surface area contributed by atoms with Crippen LogP contribution in [0.15, 0.2) is 17.5 Å². The lowest BCUT2D eigenvalue weighted by Gasteiger charge is -2.17. The number of benzene rings is 1. The predicted molar refractivity (Wildman–Crippen MR) is 107 cm³/mol. The van der Waals surface area contributed by atoms with Crippen LogP contribution < -0.4 is 0 Å². The molecule has 0 fully saturated rings. The van der Waals surface area contributed by atoms with Crippen LogP contribution in [0, 0.1) is 21.9 Å². The van der Waals surface area contributed by atoms with Gasteiger partial charge in [-0.3, -0.25) is 29.0 Å². The van der Waals surface area contributed by atoms with Crippen LogP contribution in [-0.4, -0.2) is 65.3 Å². The van der Waals surface area contributed by atoms with E-state index in [0.29, 0.717) is 31.2 Å². The maximum absolute atomic E-state index is 12.8. The van der Waals surface area contributed by atoms with Crippen LogP contribution in [0.4, 0.5) is 0 Å². The van der Waals surface area contributed by atoms with E-state index in [2.05, 4.69) is 15.0 Å². The highest BCUT2D eigenvalue weighted by molar-refractivity contribution is 6.22. The molecule has 1 heterocycles. The fraction of sp³-hybridized carbons (Fsp3) is 0.474. The summed E-state index contributed by atoms with van der Waals surface area (Å²) < 4.78 is 0. The molecule has 13 nitrogen and oxygen atoms in total. The summed E-state index contributed by atoms with van der Waals surface area (Å²) in [5, 5.41) is 11.5. The van der Waals surface area contributed by atoms with Crippen molar-refractivity contribution in [3.8, 4) is 0 Å². The molecule has 0 atom stereocenters. The molecule has 0 radical (unpaired) electrons. The molecule has 0 aliphatic carbocycles. The summed E-state index contributed by atoms with van der Waals surface area (Å²) in [6.07, 6.45) is 1.75. The van der Waals surface area contributed by atoms with Crippen molar-refractivity contribution in [3.63, 3.8) is 0 Å². The van der Waals surface area contributed by atoms with Gasteiger partial charge in [0.1, 0.15) is 6.61 Å². The number of carbonyl (C=O) groups is 4. The summed E-state index contributed by atoms with van der Waals surface area (Å²) >= 11 is 0.